The minimum absolute atomic E-state index is 0.152. The van der Waals surface area contributed by atoms with Gasteiger partial charge in [0.05, 0.1) is 11.6 Å². The number of ketones is 1. The largest absolute Gasteiger partial charge is 0.362 e. The van der Waals surface area contributed by atoms with Gasteiger partial charge in [-0.05, 0) is 36.5 Å². The van der Waals surface area contributed by atoms with Crippen LogP contribution in [0.25, 0.3) is 0 Å². The van der Waals surface area contributed by atoms with E-state index in [0.717, 1.165) is 39.7 Å². The summed E-state index contributed by atoms with van der Waals surface area (Å²) in [5.41, 5.74) is 3.78. The van der Waals surface area contributed by atoms with Crippen LogP contribution in [0.4, 0.5) is 0 Å². The smallest absolute Gasteiger partial charge is 0.164 e. The first kappa shape index (κ1) is 15.8. The molecule has 3 atom stereocenters. The number of Topliss-reactive ketones (excluding diaryl/α,β-unsaturated/α-hetero) is 1. The SMILES string of the molecule is CC[C@]1(c2cccc(Br)c2)C2=CN=NC2NC2=C1C(=O)C[C@@H](C)C2. The minimum Gasteiger partial charge on any atom is -0.362 e. The summed E-state index contributed by atoms with van der Waals surface area (Å²) in [6.45, 7) is 4.29. The van der Waals surface area contributed by atoms with E-state index in [4.69, 9.17) is 0 Å². The molecule has 0 aromatic heterocycles. The summed E-state index contributed by atoms with van der Waals surface area (Å²) >= 11 is 3.58. The summed E-state index contributed by atoms with van der Waals surface area (Å²) in [6.07, 6.45) is 4.02. The maximum Gasteiger partial charge on any atom is 0.164 e. The molecule has 2 heterocycles. The van der Waals surface area contributed by atoms with Crippen molar-refractivity contribution in [2.75, 3.05) is 0 Å². The predicted octanol–water partition coefficient (Wildman–Crippen LogP) is 4.63. The molecule has 1 unspecified atom stereocenters. The Morgan fingerprint density at radius 3 is 2.96 bits per heavy atom. The van der Waals surface area contributed by atoms with Crippen molar-refractivity contribution in [2.24, 2.45) is 16.1 Å². The van der Waals surface area contributed by atoms with Gasteiger partial charge in [-0.25, -0.2) is 0 Å². The lowest BCUT2D eigenvalue weighted by Crippen LogP contribution is -2.50. The second kappa shape index (κ2) is 5.66. The normalized spacial score (nSPS) is 31.5. The van der Waals surface area contributed by atoms with E-state index < -0.39 is 5.41 Å². The van der Waals surface area contributed by atoms with Crippen LogP contribution < -0.4 is 5.32 Å². The first-order valence-electron chi connectivity index (χ1n) is 8.46. The second-order valence-corrected chi connectivity index (χ2v) is 7.84. The predicted molar refractivity (Wildman–Crippen MR) is 96.4 cm³/mol. The van der Waals surface area contributed by atoms with Gasteiger partial charge in [-0.1, -0.05) is 41.9 Å². The molecule has 0 amide bonds. The molecule has 0 fully saturated rings. The van der Waals surface area contributed by atoms with Crippen LogP contribution in [0.2, 0.25) is 0 Å². The quantitative estimate of drug-likeness (QED) is 0.806. The van der Waals surface area contributed by atoms with Crippen molar-refractivity contribution in [3.05, 3.63) is 57.3 Å². The molecule has 0 radical (unpaired) electrons. The van der Waals surface area contributed by atoms with Gasteiger partial charge in [0.25, 0.3) is 0 Å². The number of hydrogen-bond acceptors (Lipinski definition) is 4. The molecule has 4 nitrogen and oxygen atoms in total. The Hall–Kier alpha value is -1.75. The van der Waals surface area contributed by atoms with Gasteiger partial charge in [-0.15, -0.1) is 0 Å². The zero-order chi connectivity index (χ0) is 16.9. The fraction of sp³-hybridized carbons (Fsp3) is 0.421. The molecule has 4 rings (SSSR count). The van der Waals surface area contributed by atoms with E-state index in [9.17, 15) is 4.79 Å². The van der Waals surface area contributed by atoms with Gasteiger partial charge in [-0.2, -0.15) is 10.2 Å². The van der Waals surface area contributed by atoms with Gasteiger partial charge in [0.1, 0.15) is 0 Å². The Bertz CT molecular complexity index is 811. The number of fused-ring (bicyclic) bond motifs is 1. The van der Waals surface area contributed by atoms with Crippen molar-refractivity contribution in [3.63, 3.8) is 0 Å². The highest BCUT2D eigenvalue weighted by Gasteiger charge is 2.51. The van der Waals surface area contributed by atoms with Gasteiger partial charge in [0.2, 0.25) is 0 Å². The highest BCUT2D eigenvalue weighted by atomic mass is 79.9. The topological polar surface area (TPSA) is 53.8 Å². The van der Waals surface area contributed by atoms with Crippen LogP contribution in [0.3, 0.4) is 0 Å². The molecule has 1 aliphatic carbocycles. The monoisotopic (exact) mass is 385 g/mol. The molecular weight excluding hydrogens is 366 g/mol. The maximum atomic E-state index is 13.1. The summed E-state index contributed by atoms with van der Waals surface area (Å²) in [5.74, 6) is 0.619. The van der Waals surface area contributed by atoms with Gasteiger partial charge in [0, 0.05) is 27.7 Å². The molecule has 1 aromatic rings. The molecule has 0 saturated carbocycles. The standard InChI is InChI=1S/C19H20BrN3O/c1-3-19(12-5-4-6-13(20)9-12)14-10-21-23-18(14)22-15-7-11(2)8-16(24)17(15)19/h4-6,9-11,18,22H,3,7-8H2,1-2H3/t11-,18?,19-/m0/s1. The van der Waals surface area contributed by atoms with Gasteiger partial charge in [0.15, 0.2) is 11.9 Å². The third-order valence-electron chi connectivity index (χ3n) is 5.42. The highest BCUT2D eigenvalue weighted by Crippen LogP contribution is 2.52. The lowest BCUT2D eigenvalue weighted by atomic mass is 9.60. The van der Waals surface area contributed by atoms with E-state index in [2.05, 4.69) is 57.5 Å². The molecule has 0 saturated heterocycles. The van der Waals surface area contributed by atoms with Crippen molar-refractivity contribution >= 4 is 21.7 Å². The van der Waals surface area contributed by atoms with Crippen LogP contribution in [0.1, 0.15) is 38.7 Å². The molecule has 2 aliphatic heterocycles. The number of carbonyl (C=O) groups excluding carboxylic acids is 1. The van der Waals surface area contributed by atoms with Crippen molar-refractivity contribution in [2.45, 2.75) is 44.7 Å². The van der Waals surface area contributed by atoms with E-state index in [1.165, 1.54) is 0 Å². The third-order valence-corrected chi connectivity index (χ3v) is 5.91. The third kappa shape index (κ3) is 2.14. The summed E-state index contributed by atoms with van der Waals surface area (Å²) < 4.78 is 1.02. The van der Waals surface area contributed by atoms with E-state index in [1.807, 2.05) is 18.3 Å². The summed E-state index contributed by atoms with van der Waals surface area (Å²) in [6, 6.07) is 8.30. The van der Waals surface area contributed by atoms with Crippen LogP contribution >= 0.6 is 15.9 Å². The van der Waals surface area contributed by atoms with Gasteiger partial charge >= 0.3 is 0 Å². The lowest BCUT2D eigenvalue weighted by Gasteiger charge is -2.46. The van der Waals surface area contributed by atoms with Crippen LogP contribution in [-0.4, -0.2) is 11.9 Å². The van der Waals surface area contributed by atoms with Crippen molar-refractivity contribution in [1.29, 1.82) is 0 Å². The zero-order valence-electron chi connectivity index (χ0n) is 13.8. The first-order chi connectivity index (χ1) is 11.6. The van der Waals surface area contributed by atoms with E-state index >= 15 is 0 Å². The Morgan fingerprint density at radius 1 is 1.38 bits per heavy atom. The fourth-order valence-corrected chi connectivity index (χ4v) is 4.84. The number of halogens is 1. The molecule has 24 heavy (non-hydrogen) atoms. The summed E-state index contributed by atoms with van der Waals surface area (Å²) in [4.78, 5) is 13.1. The van der Waals surface area contributed by atoms with Crippen molar-refractivity contribution < 1.29 is 4.79 Å². The van der Waals surface area contributed by atoms with E-state index in [-0.39, 0.29) is 11.9 Å². The number of benzene rings is 1. The number of carbonyl (C=O) groups is 1. The van der Waals surface area contributed by atoms with Crippen LogP contribution in [0, 0.1) is 5.92 Å². The average Bonchev–Trinajstić information content (AvgIpc) is 3.01. The van der Waals surface area contributed by atoms with Crippen LogP contribution in [0.5, 0.6) is 0 Å². The number of nitrogens with one attached hydrogen (secondary N) is 1. The molecular formula is C19H20BrN3O. The number of nitrogens with zero attached hydrogens (tertiary/aromatic N) is 2. The average molecular weight is 386 g/mol. The maximum absolute atomic E-state index is 13.1. The number of rotatable bonds is 2. The first-order valence-corrected chi connectivity index (χ1v) is 9.25. The second-order valence-electron chi connectivity index (χ2n) is 6.92. The summed E-state index contributed by atoms with van der Waals surface area (Å²) in [7, 11) is 0. The van der Waals surface area contributed by atoms with E-state index in [0.29, 0.717) is 12.3 Å². The van der Waals surface area contributed by atoms with Crippen molar-refractivity contribution in [1.82, 2.24) is 5.32 Å². The van der Waals surface area contributed by atoms with E-state index in [1.54, 1.807) is 0 Å². The molecule has 0 spiro atoms. The molecule has 3 aliphatic rings. The zero-order valence-corrected chi connectivity index (χ0v) is 15.4. The lowest BCUT2D eigenvalue weighted by molar-refractivity contribution is -0.117. The highest BCUT2D eigenvalue weighted by molar-refractivity contribution is 9.10. The Balaban J connectivity index is 2.00. The van der Waals surface area contributed by atoms with Crippen LogP contribution in [-0.2, 0) is 10.2 Å². The summed E-state index contributed by atoms with van der Waals surface area (Å²) in [5, 5.41) is 12.0. The Labute approximate surface area is 150 Å². The number of hydrogen-bond donors (Lipinski definition) is 1. The fourth-order valence-electron chi connectivity index (χ4n) is 4.44. The molecule has 1 aromatic carbocycles. The Kier molecular flexibility index (Phi) is 3.71. The van der Waals surface area contributed by atoms with Gasteiger partial charge in [-0.3, -0.25) is 4.79 Å². The minimum atomic E-state index is -0.435. The molecule has 0 bridgehead atoms. The number of allylic oxidation sites excluding steroid dienone is 2. The molecule has 124 valence electrons. The molecule has 5 heteroatoms. The molecule has 1 N–H and O–H groups in total. The Morgan fingerprint density at radius 2 is 2.21 bits per heavy atom. The van der Waals surface area contributed by atoms with Crippen molar-refractivity contribution in [3.8, 4) is 0 Å². The number of azo groups is 1. The van der Waals surface area contributed by atoms with Crippen LogP contribution in [0.15, 0.2) is 62.0 Å². The van der Waals surface area contributed by atoms with Gasteiger partial charge < -0.3 is 5.32 Å².